The van der Waals surface area contributed by atoms with Gasteiger partial charge in [0.1, 0.15) is 5.82 Å². The summed E-state index contributed by atoms with van der Waals surface area (Å²) in [4.78, 5) is 10.1. The van der Waals surface area contributed by atoms with Crippen LogP contribution in [0.25, 0.3) is 22.5 Å². The van der Waals surface area contributed by atoms with E-state index in [1.165, 1.54) is 22.3 Å². The number of benzene rings is 2. The molecule has 3 aromatic rings. The van der Waals surface area contributed by atoms with Crippen LogP contribution in [0.4, 0.5) is 5.82 Å². The Hall–Kier alpha value is -2.68. The Kier molecular flexibility index (Phi) is 4.23. The van der Waals surface area contributed by atoms with Gasteiger partial charge in [0, 0.05) is 17.7 Å². The zero-order valence-electron chi connectivity index (χ0n) is 16.0. The smallest absolute Gasteiger partial charge is 0.148 e. The Morgan fingerprint density at radius 3 is 1.88 bits per heavy atom. The Morgan fingerprint density at radius 2 is 1.31 bits per heavy atom. The third-order valence-electron chi connectivity index (χ3n) is 5.41. The molecule has 0 amide bonds. The second-order valence-corrected chi connectivity index (χ2v) is 7.34. The number of aryl methyl sites for hydroxylation is 5. The van der Waals surface area contributed by atoms with Gasteiger partial charge in [-0.2, -0.15) is 0 Å². The minimum Gasteiger partial charge on any atom is -0.369 e. The van der Waals surface area contributed by atoms with Gasteiger partial charge in [-0.05, 0) is 74.9 Å². The molecule has 4 rings (SSSR count). The highest BCUT2D eigenvalue weighted by molar-refractivity contribution is 5.80. The number of aromatic nitrogens is 2. The molecule has 0 saturated heterocycles. The highest BCUT2D eigenvalue weighted by Gasteiger charge is 2.19. The third-order valence-corrected chi connectivity index (χ3v) is 5.41. The van der Waals surface area contributed by atoms with E-state index in [4.69, 9.17) is 9.97 Å². The van der Waals surface area contributed by atoms with Crippen LogP contribution in [0.3, 0.4) is 0 Å². The van der Waals surface area contributed by atoms with Gasteiger partial charge in [-0.1, -0.05) is 24.3 Å². The maximum Gasteiger partial charge on any atom is 0.148 e. The predicted molar refractivity (Wildman–Crippen MR) is 109 cm³/mol. The van der Waals surface area contributed by atoms with Crippen LogP contribution in [0.1, 0.15) is 34.4 Å². The van der Waals surface area contributed by atoms with Crippen LogP contribution in [0.2, 0.25) is 0 Å². The minimum absolute atomic E-state index is 0.942. The Bertz CT molecular complexity index is 908. The van der Waals surface area contributed by atoms with Gasteiger partial charge in [-0.15, -0.1) is 0 Å². The third kappa shape index (κ3) is 2.98. The average Bonchev–Trinajstić information content (AvgIpc) is 2.65. The van der Waals surface area contributed by atoms with Gasteiger partial charge >= 0.3 is 0 Å². The molecule has 2 aromatic carbocycles. The summed E-state index contributed by atoms with van der Waals surface area (Å²) in [6.45, 7) is 9.56. The maximum absolute atomic E-state index is 5.06. The molecule has 1 aliphatic rings. The predicted octanol–water partition coefficient (Wildman–Crippen LogP) is 5.40. The Morgan fingerprint density at radius 1 is 0.731 bits per heavy atom. The van der Waals surface area contributed by atoms with E-state index in [1.807, 2.05) is 0 Å². The van der Waals surface area contributed by atoms with Crippen LogP contribution >= 0.6 is 0 Å². The van der Waals surface area contributed by atoms with Crippen LogP contribution in [0.15, 0.2) is 36.4 Å². The molecule has 0 spiro atoms. The first kappa shape index (κ1) is 16.8. The summed E-state index contributed by atoms with van der Waals surface area (Å²) in [6, 6.07) is 13.1. The van der Waals surface area contributed by atoms with Crippen molar-refractivity contribution < 1.29 is 0 Å². The molecule has 0 fully saturated rings. The zero-order chi connectivity index (χ0) is 18.3. The Labute approximate surface area is 155 Å². The van der Waals surface area contributed by atoms with E-state index in [-0.39, 0.29) is 0 Å². The topological polar surface area (TPSA) is 37.8 Å². The van der Waals surface area contributed by atoms with Crippen molar-refractivity contribution in [2.45, 2.75) is 40.5 Å². The van der Waals surface area contributed by atoms with E-state index in [9.17, 15) is 0 Å². The van der Waals surface area contributed by atoms with Gasteiger partial charge in [0.2, 0.25) is 0 Å². The number of hydrogen-bond donors (Lipinski definition) is 1. The largest absolute Gasteiger partial charge is 0.369 e. The number of hydrogen-bond acceptors (Lipinski definition) is 3. The van der Waals surface area contributed by atoms with Gasteiger partial charge in [-0.3, -0.25) is 0 Å². The Balaban J connectivity index is 1.95. The van der Waals surface area contributed by atoms with Crippen LogP contribution in [-0.2, 0) is 6.42 Å². The summed E-state index contributed by atoms with van der Waals surface area (Å²) in [5.74, 6) is 0.942. The van der Waals surface area contributed by atoms with Crippen molar-refractivity contribution in [1.82, 2.24) is 9.97 Å². The first-order valence-corrected chi connectivity index (χ1v) is 9.33. The molecule has 3 heteroatoms. The standard InChI is InChI=1S/C23H25N3/c1-14-7-9-18(12-16(14)3)21-22(19-10-8-15(2)17(4)13-19)26-23-20(25-21)6-5-11-24-23/h7-10,12-13H,5-6,11H2,1-4H3,(H,24,26). The molecular formula is C23H25N3. The van der Waals surface area contributed by atoms with Crippen LogP contribution in [0.5, 0.6) is 0 Å². The molecule has 132 valence electrons. The molecule has 0 atom stereocenters. The molecule has 1 aromatic heterocycles. The lowest BCUT2D eigenvalue weighted by atomic mass is 9.97. The van der Waals surface area contributed by atoms with E-state index in [2.05, 4.69) is 69.4 Å². The van der Waals surface area contributed by atoms with E-state index in [0.29, 0.717) is 0 Å². The minimum atomic E-state index is 0.942. The molecule has 3 nitrogen and oxygen atoms in total. The van der Waals surface area contributed by atoms with Gasteiger partial charge in [0.05, 0.1) is 17.1 Å². The lowest BCUT2D eigenvalue weighted by Crippen LogP contribution is -2.16. The monoisotopic (exact) mass is 343 g/mol. The summed E-state index contributed by atoms with van der Waals surface area (Å²) in [6.07, 6.45) is 2.09. The summed E-state index contributed by atoms with van der Waals surface area (Å²) < 4.78 is 0. The number of anilines is 1. The van der Waals surface area contributed by atoms with Crippen molar-refractivity contribution in [3.05, 3.63) is 64.3 Å². The van der Waals surface area contributed by atoms with E-state index in [1.54, 1.807) is 0 Å². The fourth-order valence-electron chi connectivity index (χ4n) is 3.43. The first-order valence-electron chi connectivity index (χ1n) is 9.33. The van der Waals surface area contributed by atoms with Crippen LogP contribution < -0.4 is 5.32 Å². The number of rotatable bonds is 2. The van der Waals surface area contributed by atoms with Crippen molar-refractivity contribution in [2.24, 2.45) is 0 Å². The quantitative estimate of drug-likeness (QED) is 0.677. The molecule has 1 N–H and O–H groups in total. The molecule has 0 saturated carbocycles. The van der Waals surface area contributed by atoms with Crippen molar-refractivity contribution in [1.29, 1.82) is 0 Å². The second kappa shape index (κ2) is 6.56. The lowest BCUT2D eigenvalue weighted by molar-refractivity contribution is 0.790. The first-order chi connectivity index (χ1) is 12.5. The molecule has 0 unspecified atom stereocenters. The molecule has 26 heavy (non-hydrogen) atoms. The van der Waals surface area contributed by atoms with Gasteiger partial charge in [0.25, 0.3) is 0 Å². The summed E-state index contributed by atoms with van der Waals surface area (Å²) >= 11 is 0. The van der Waals surface area contributed by atoms with Crippen LogP contribution in [-0.4, -0.2) is 16.5 Å². The number of nitrogens with one attached hydrogen (secondary N) is 1. The normalized spacial score (nSPS) is 13.2. The molecule has 0 aliphatic carbocycles. The molecule has 2 heterocycles. The van der Waals surface area contributed by atoms with Gasteiger partial charge in [0.15, 0.2) is 0 Å². The maximum atomic E-state index is 5.06. The highest BCUT2D eigenvalue weighted by atomic mass is 15.0. The molecule has 1 aliphatic heterocycles. The SMILES string of the molecule is Cc1ccc(-c2nc3c(nc2-c2ccc(C)c(C)c2)NCCC3)cc1C. The summed E-state index contributed by atoms with van der Waals surface area (Å²) in [7, 11) is 0. The fraction of sp³-hybridized carbons (Fsp3) is 0.304. The van der Waals surface area contributed by atoms with E-state index in [0.717, 1.165) is 53.4 Å². The second-order valence-electron chi connectivity index (χ2n) is 7.34. The number of nitrogens with zero attached hydrogens (tertiary/aromatic N) is 2. The summed E-state index contributed by atoms with van der Waals surface area (Å²) in [5.41, 5.74) is 10.5. The average molecular weight is 343 g/mol. The number of fused-ring (bicyclic) bond motifs is 1. The van der Waals surface area contributed by atoms with Crippen molar-refractivity contribution in [3.63, 3.8) is 0 Å². The lowest BCUT2D eigenvalue weighted by Gasteiger charge is -2.20. The zero-order valence-corrected chi connectivity index (χ0v) is 16.0. The molecular weight excluding hydrogens is 318 g/mol. The van der Waals surface area contributed by atoms with Crippen LogP contribution in [0, 0.1) is 27.7 Å². The van der Waals surface area contributed by atoms with Crippen molar-refractivity contribution >= 4 is 5.82 Å². The van der Waals surface area contributed by atoms with E-state index < -0.39 is 0 Å². The summed E-state index contributed by atoms with van der Waals surface area (Å²) in [5, 5.41) is 3.42. The highest BCUT2D eigenvalue weighted by Crippen LogP contribution is 2.34. The van der Waals surface area contributed by atoms with Gasteiger partial charge < -0.3 is 5.32 Å². The van der Waals surface area contributed by atoms with Gasteiger partial charge in [-0.25, -0.2) is 9.97 Å². The van der Waals surface area contributed by atoms with Crippen molar-refractivity contribution in [2.75, 3.05) is 11.9 Å². The molecule has 0 radical (unpaired) electrons. The van der Waals surface area contributed by atoms with Crippen molar-refractivity contribution in [3.8, 4) is 22.5 Å². The molecule has 0 bridgehead atoms. The van der Waals surface area contributed by atoms with E-state index >= 15 is 0 Å². The fourth-order valence-corrected chi connectivity index (χ4v) is 3.43.